The number of aryl methyl sites for hydroxylation is 2. The fraction of sp³-hybridized carbons (Fsp3) is 0.571. The van der Waals surface area contributed by atoms with Crippen LogP contribution < -0.4 is 0 Å². The van der Waals surface area contributed by atoms with Gasteiger partial charge in [-0.3, -0.25) is 9.80 Å². The highest BCUT2D eigenvalue weighted by molar-refractivity contribution is 7.99. The van der Waals surface area contributed by atoms with Gasteiger partial charge < -0.3 is 4.52 Å². The van der Waals surface area contributed by atoms with Crippen molar-refractivity contribution in [3.05, 3.63) is 47.3 Å². The molecule has 5 heteroatoms. The fourth-order valence-corrected chi connectivity index (χ4v) is 5.34. The van der Waals surface area contributed by atoms with Gasteiger partial charge in [-0.15, -0.1) is 11.8 Å². The first-order valence-electron chi connectivity index (χ1n) is 9.75. The summed E-state index contributed by atoms with van der Waals surface area (Å²) in [6.07, 6.45) is 2.73. The fourth-order valence-electron chi connectivity index (χ4n) is 4.43. The van der Waals surface area contributed by atoms with E-state index in [-0.39, 0.29) is 0 Å². The molecule has 0 saturated carbocycles. The van der Waals surface area contributed by atoms with Gasteiger partial charge in [0.2, 0.25) is 0 Å². The number of nitrogens with zero attached hydrogens (tertiary/aromatic N) is 3. The maximum atomic E-state index is 5.36. The predicted molar refractivity (Wildman–Crippen MR) is 107 cm³/mol. The Morgan fingerprint density at radius 1 is 1.12 bits per heavy atom. The molecule has 0 spiro atoms. The lowest BCUT2D eigenvalue weighted by Crippen LogP contribution is -2.44. The minimum atomic E-state index is 0.700. The third-order valence-corrected chi connectivity index (χ3v) is 6.85. The molecular weight excluding hydrogens is 342 g/mol. The van der Waals surface area contributed by atoms with E-state index in [0.717, 1.165) is 23.9 Å². The number of fused-ring (bicyclic) bond motifs is 4. The zero-order valence-electron chi connectivity index (χ0n) is 15.9. The number of rotatable bonds is 6. The number of aromatic nitrogens is 1. The van der Waals surface area contributed by atoms with Crippen LogP contribution in [-0.4, -0.2) is 52.9 Å². The molecule has 5 rings (SSSR count). The van der Waals surface area contributed by atoms with Gasteiger partial charge in [0.05, 0.1) is 5.69 Å². The van der Waals surface area contributed by atoms with Crippen LogP contribution in [0.5, 0.6) is 0 Å². The highest BCUT2D eigenvalue weighted by Gasteiger charge is 2.34. The first kappa shape index (κ1) is 18.1. The maximum absolute atomic E-state index is 5.36. The Morgan fingerprint density at radius 2 is 1.96 bits per heavy atom. The minimum Gasteiger partial charge on any atom is -0.361 e. The van der Waals surface area contributed by atoms with Crippen molar-refractivity contribution in [1.29, 1.82) is 0 Å². The quantitative estimate of drug-likeness (QED) is 0.717. The van der Waals surface area contributed by atoms with Crippen molar-refractivity contribution in [3.8, 4) is 0 Å². The number of hydrogen-bond donors (Lipinski definition) is 0. The van der Waals surface area contributed by atoms with E-state index in [4.69, 9.17) is 4.52 Å². The number of piperidine rings is 1. The third-order valence-electron chi connectivity index (χ3n) is 5.86. The molecule has 0 radical (unpaired) electrons. The van der Waals surface area contributed by atoms with Crippen LogP contribution in [0.3, 0.4) is 0 Å². The second kappa shape index (κ2) is 8.15. The zero-order chi connectivity index (χ0) is 17.9. The van der Waals surface area contributed by atoms with Gasteiger partial charge >= 0.3 is 0 Å². The third kappa shape index (κ3) is 4.16. The Labute approximate surface area is 160 Å². The van der Waals surface area contributed by atoms with Gasteiger partial charge in [0.15, 0.2) is 0 Å². The molecule has 4 heterocycles. The molecule has 2 bridgehead atoms. The molecule has 26 heavy (non-hydrogen) atoms. The maximum Gasteiger partial charge on any atom is 0.138 e. The standard InChI is InChI=1S/C21H29N3OS/c1-16-21(17(2)25-22-16)15-23-12-18-8-9-19(14-23)24(13-18)10-11-26-20-6-4-3-5-7-20/h3-7,18-19H,8-15H2,1-2H3/t18-,19+/m1/s1. The molecular formula is C21H29N3OS. The number of benzene rings is 1. The summed E-state index contributed by atoms with van der Waals surface area (Å²) >= 11 is 1.98. The molecule has 2 atom stereocenters. The van der Waals surface area contributed by atoms with E-state index in [1.165, 1.54) is 55.2 Å². The lowest BCUT2D eigenvalue weighted by molar-refractivity contribution is 0.139. The van der Waals surface area contributed by atoms with Crippen molar-refractivity contribution in [2.24, 2.45) is 5.92 Å². The van der Waals surface area contributed by atoms with E-state index in [2.05, 4.69) is 52.2 Å². The largest absolute Gasteiger partial charge is 0.361 e. The Morgan fingerprint density at radius 3 is 2.73 bits per heavy atom. The predicted octanol–water partition coefficient (Wildman–Crippen LogP) is 3.98. The van der Waals surface area contributed by atoms with Gasteiger partial charge in [-0.2, -0.15) is 0 Å². The molecule has 140 valence electrons. The lowest BCUT2D eigenvalue weighted by Gasteiger charge is -2.36. The van der Waals surface area contributed by atoms with Gasteiger partial charge in [-0.05, 0) is 44.7 Å². The van der Waals surface area contributed by atoms with E-state index in [1.807, 2.05) is 18.7 Å². The molecule has 3 aliphatic heterocycles. The van der Waals surface area contributed by atoms with E-state index in [0.29, 0.717) is 6.04 Å². The Balaban J connectivity index is 1.34. The smallest absolute Gasteiger partial charge is 0.138 e. The van der Waals surface area contributed by atoms with Gasteiger partial charge in [-0.1, -0.05) is 23.4 Å². The van der Waals surface area contributed by atoms with Crippen molar-refractivity contribution < 1.29 is 4.52 Å². The van der Waals surface area contributed by atoms with Crippen molar-refractivity contribution in [3.63, 3.8) is 0 Å². The second-order valence-corrected chi connectivity index (χ2v) is 8.92. The highest BCUT2D eigenvalue weighted by atomic mass is 32.2. The molecule has 4 nitrogen and oxygen atoms in total. The summed E-state index contributed by atoms with van der Waals surface area (Å²) in [4.78, 5) is 6.77. The van der Waals surface area contributed by atoms with Crippen LogP contribution in [0.1, 0.15) is 29.9 Å². The molecule has 2 aromatic rings. The van der Waals surface area contributed by atoms with Gasteiger partial charge in [0.25, 0.3) is 0 Å². The average Bonchev–Trinajstić information content (AvgIpc) is 2.82. The molecule has 0 unspecified atom stereocenters. The summed E-state index contributed by atoms with van der Waals surface area (Å²) in [5.74, 6) is 2.96. The summed E-state index contributed by atoms with van der Waals surface area (Å²) in [5.41, 5.74) is 2.34. The molecule has 1 aromatic heterocycles. The van der Waals surface area contributed by atoms with Crippen molar-refractivity contribution in [1.82, 2.24) is 15.0 Å². The first-order chi connectivity index (χ1) is 12.7. The number of hydrogen-bond acceptors (Lipinski definition) is 5. The molecule has 0 amide bonds. The summed E-state index contributed by atoms with van der Waals surface area (Å²) in [7, 11) is 0. The zero-order valence-corrected chi connectivity index (χ0v) is 16.7. The lowest BCUT2D eigenvalue weighted by atomic mass is 9.95. The van der Waals surface area contributed by atoms with Crippen LogP contribution in [0.25, 0.3) is 0 Å². The summed E-state index contributed by atoms with van der Waals surface area (Å²) in [5, 5.41) is 4.13. The van der Waals surface area contributed by atoms with Crippen molar-refractivity contribution >= 4 is 11.8 Å². The molecule has 1 aromatic carbocycles. The molecule has 0 N–H and O–H groups in total. The summed E-state index contributed by atoms with van der Waals surface area (Å²) in [6.45, 7) is 9.93. The molecule has 3 saturated heterocycles. The minimum absolute atomic E-state index is 0.700. The van der Waals surface area contributed by atoms with Crippen molar-refractivity contribution in [2.45, 2.75) is 44.2 Å². The van der Waals surface area contributed by atoms with Gasteiger partial charge in [-0.25, -0.2) is 0 Å². The van der Waals surface area contributed by atoms with Gasteiger partial charge in [0.1, 0.15) is 5.76 Å². The topological polar surface area (TPSA) is 32.5 Å². The summed E-state index contributed by atoms with van der Waals surface area (Å²) < 4.78 is 5.36. The van der Waals surface area contributed by atoms with Crippen LogP contribution in [0, 0.1) is 19.8 Å². The van der Waals surface area contributed by atoms with Crippen LogP contribution in [0.4, 0.5) is 0 Å². The van der Waals surface area contributed by atoms with E-state index < -0.39 is 0 Å². The first-order valence-corrected chi connectivity index (χ1v) is 10.7. The SMILES string of the molecule is Cc1noc(C)c1CN1C[C@H]2CC[C@@H](C1)N(CCSc1ccccc1)C2. The highest BCUT2D eigenvalue weighted by Crippen LogP contribution is 2.30. The Kier molecular flexibility index (Phi) is 5.67. The number of thioether (sulfide) groups is 1. The molecule has 3 fully saturated rings. The van der Waals surface area contributed by atoms with Crippen LogP contribution in [0.15, 0.2) is 39.8 Å². The van der Waals surface area contributed by atoms with E-state index >= 15 is 0 Å². The van der Waals surface area contributed by atoms with Crippen LogP contribution >= 0.6 is 11.8 Å². The molecule has 3 aliphatic rings. The summed E-state index contributed by atoms with van der Waals surface area (Å²) in [6, 6.07) is 11.5. The van der Waals surface area contributed by atoms with Crippen molar-refractivity contribution in [2.75, 3.05) is 31.9 Å². The Bertz CT molecular complexity index is 698. The average molecular weight is 372 g/mol. The van der Waals surface area contributed by atoms with Gasteiger partial charge in [0, 0.05) is 55.0 Å². The van der Waals surface area contributed by atoms with E-state index in [9.17, 15) is 0 Å². The monoisotopic (exact) mass is 371 g/mol. The van der Waals surface area contributed by atoms with Crippen LogP contribution in [0.2, 0.25) is 0 Å². The van der Waals surface area contributed by atoms with Crippen LogP contribution in [-0.2, 0) is 6.54 Å². The Hall–Kier alpha value is -1.30. The second-order valence-electron chi connectivity index (χ2n) is 7.75. The molecule has 0 aliphatic carbocycles. The normalized spacial score (nSPS) is 24.1. The van der Waals surface area contributed by atoms with E-state index in [1.54, 1.807) is 0 Å².